The molecule has 2 heteroatoms. The Kier molecular flexibility index (Phi) is 3.16. The van der Waals surface area contributed by atoms with Crippen LogP contribution in [0.1, 0.15) is 44.1 Å². The summed E-state index contributed by atoms with van der Waals surface area (Å²) >= 11 is 0. The monoisotopic (exact) mass is 245 g/mol. The molecule has 2 fully saturated rings. The van der Waals surface area contributed by atoms with E-state index in [4.69, 9.17) is 5.73 Å². The summed E-state index contributed by atoms with van der Waals surface area (Å²) in [4.78, 5) is 0. The van der Waals surface area contributed by atoms with Crippen LogP contribution in [0.4, 0.5) is 0 Å². The van der Waals surface area contributed by atoms with E-state index in [9.17, 15) is 5.11 Å². The predicted octanol–water partition coefficient (Wildman–Crippen LogP) is 2.80. The minimum absolute atomic E-state index is 0.112. The van der Waals surface area contributed by atoms with Gasteiger partial charge in [-0.15, -0.1) is 0 Å². The van der Waals surface area contributed by atoms with Crippen LogP contribution in [-0.4, -0.2) is 11.1 Å². The van der Waals surface area contributed by atoms with Crippen LogP contribution in [0.15, 0.2) is 30.3 Å². The molecular formula is C16H23NO. The Labute approximate surface area is 109 Å². The molecule has 2 aliphatic carbocycles. The number of hydrogen-bond donors (Lipinski definition) is 2. The van der Waals surface area contributed by atoms with Crippen molar-refractivity contribution < 1.29 is 5.11 Å². The van der Waals surface area contributed by atoms with E-state index in [-0.39, 0.29) is 6.04 Å². The maximum Gasteiger partial charge on any atom is 0.105 e. The molecule has 0 radical (unpaired) electrons. The van der Waals surface area contributed by atoms with Crippen molar-refractivity contribution in [2.75, 3.05) is 0 Å². The van der Waals surface area contributed by atoms with E-state index in [1.165, 1.54) is 25.7 Å². The lowest BCUT2D eigenvalue weighted by Gasteiger charge is -2.47. The molecule has 3 N–H and O–H groups in total. The van der Waals surface area contributed by atoms with Crippen LogP contribution in [0.3, 0.4) is 0 Å². The zero-order chi connectivity index (χ0) is 12.6. The van der Waals surface area contributed by atoms with E-state index in [0.29, 0.717) is 5.92 Å². The van der Waals surface area contributed by atoms with Crippen molar-refractivity contribution in [1.82, 2.24) is 0 Å². The third kappa shape index (κ3) is 1.98. The Bertz CT molecular complexity index is 405. The lowest BCUT2D eigenvalue weighted by molar-refractivity contribution is -0.0666. The molecule has 0 spiro atoms. The summed E-state index contributed by atoms with van der Waals surface area (Å²) in [6, 6.07) is 9.90. The van der Waals surface area contributed by atoms with Crippen molar-refractivity contribution in [1.29, 1.82) is 0 Å². The van der Waals surface area contributed by atoms with Gasteiger partial charge in [0.25, 0.3) is 0 Å². The van der Waals surface area contributed by atoms with Gasteiger partial charge in [-0.2, -0.15) is 0 Å². The minimum Gasteiger partial charge on any atom is -0.384 e. The number of benzene rings is 1. The second-order valence-electron chi connectivity index (χ2n) is 6.14. The van der Waals surface area contributed by atoms with E-state index >= 15 is 0 Å². The molecule has 2 nitrogen and oxygen atoms in total. The Morgan fingerprint density at radius 2 is 1.72 bits per heavy atom. The topological polar surface area (TPSA) is 46.2 Å². The molecule has 1 aromatic rings. The summed E-state index contributed by atoms with van der Waals surface area (Å²) in [5.74, 6) is 1.42. The van der Waals surface area contributed by atoms with Crippen molar-refractivity contribution in [2.24, 2.45) is 17.6 Å². The quantitative estimate of drug-likeness (QED) is 0.799. The van der Waals surface area contributed by atoms with Gasteiger partial charge < -0.3 is 10.8 Å². The summed E-state index contributed by atoms with van der Waals surface area (Å²) in [5.41, 5.74) is 6.50. The smallest absolute Gasteiger partial charge is 0.105 e. The maximum absolute atomic E-state index is 11.0. The highest BCUT2D eigenvalue weighted by atomic mass is 16.3. The highest BCUT2D eigenvalue weighted by Gasteiger charge is 2.46. The fourth-order valence-corrected chi connectivity index (χ4v) is 3.99. The van der Waals surface area contributed by atoms with Crippen molar-refractivity contribution in [3.8, 4) is 0 Å². The lowest BCUT2D eigenvalue weighted by atomic mass is 9.62. The molecule has 98 valence electrons. The number of rotatable bonds is 1. The third-order valence-corrected chi connectivity index (χ3v) is 5.08. The van der Waals surface area contributed by atoms with Crippen LogP contribution >= 0.6 is 0 Å². The van der Waals surface area contributed by atoms with Crippen LogP contribution in [0.2, 0.25) is 0 Å². The third-order valence-electron chi connectivity index (χ3n) is 5.08. The Morgan fingerprint density at radius 1 is 1.06 bits per heavy atom. The molecule has 3 rings (SSSR count). The van der Waals surface area contributed by atoms with Gasteiger partial charge in [0, 0.05) is 6.04 Å². The summed E-state index contributed by atoms with van der Waals surface area (Å²) in [6.07, 6.45) is 7.08. The highest BCUT2D eigenvalue weighted by molar-refractivity contribution is 5.25. The first-order chi connectivity index (χ1) is 8.70. The molecule has 2 aliphatic rings. The van der Waals surface area contributed by atoms with E-state index in [2.05, 4.69) is 0 Å². The van der Waals surface area contributed by atoms with E-state index in [1.54, 1.807) is 0 Å². The SMILES string of the molecule is N[C@@H]1C[C@H]2CCCC[C@@H]2C[C@@]1(O)c1ccccc1. The molecule has 18 heavy (non-hydrogen) atoms. The number of fused-ring (bicyclic) bond motifs is 1. The highest BCUT2D eigenvalue weighted by Crippen LogP contribution is 2.47. The standard InChI is InChI=1S/C16H23NO/c17-15-10-12-6-4-5-7-13(12)11-16(15,18)14-8-2-1-3-9-14/h1-3,8-9,12-13,15,18H,4-7,10-11,17H2/t12-,13-,15-,16-/m1/s1. The van der Waals surface area contributed by atoms with Crippen molar-refractivity contribution in [3.05, 3.63) is 35.9 Å². The number of aliphatic hydroxyl groups is 1. The summed E-state index contributed by atoms with van der Waals surface area (Å²) in [5, 5.41) is 11.0. The first kappa shape index (κ1) is 12.2. The Hall–Kier alpha value is -0.860. The molecule has 0 heterocycles. The molecule has 0 saturated heterocycles. The Morgan fingerprint density at radius 3 is 2.44 bits per heavy atom. The molecule has 2 saturated carbocycles. The van der Waals surface area contributed by atoms with Crippen LogP contribution in [0, 0.1) is 11.8 Å². The Balaban J connectivity index is 1.87. The molecule has 1 aromatic carbocycles. The van der Waals surface area contributed by atoms with Crippen LogP contribution in [0.5, 0.6) is 0 Å². The largest absolute Gasteiger partial charge is 0.384 e. The zero-order valence-corrected chi connectivity index (χ0v) is 10.9. The van der Waals surface area contributed by atoms with Gasteiger partial charge in [-0.1, -0.05) is 56.0 Å². The van der Waals surface area contributed by atoms with Crippen molar-refractivity contribution in [3.63, 3.8) is 0 Å². The second-order valence-corrected chi connectivity index (χ2v) is 6.14. The van der Waals surface area contributed by atoms with Crippen molar-refractivity contribution in [2.45, 2.75) is 50.2 Å². The average molecular weight is 245 g/mol. The van der Waals surface area contributed by atoms with Gasteiger partial charge in [-0.05, 0) is 30.2 Å². The van der Waals surface area contributed by atoms with E-state index < -0.39 is 5.60 Å². The minimum atomic E-state index is -0.806. The van der Waals surface area contributed by atoms with Gasteiger partial charge in [0.05, 0.1) is 0 Å². The van der Waals surface area contributed by atoms with Gasteiger partial charge in [0.2, 0.25) is 0 Å². The fourth-order valence-electron chi connectivity index (χ4n) is 3.99. The molecule has 0 unspecified atom stereocenters. The van der Waals surface area contributed by atoms with Gasteiger partial charge in [-0.3, -0.25) is 0 Å². The van der Waals surface area contributed by atoms with Crippen LogP contribution < -0.4 is 5.73 Å². The van der Waals surface area contributed by atoms with Gasteiger partial charge >= 0.3 is 0 Å². The average Bonchev–Trinajstić information content (AvgIpc) is 2.41. The molecule has 0 aromatic heterocycles. The first-order valence-corrected chi connectivity index (χ1v) is 7.23. The zero-order valence-electron chi connectivity index (χ0n) is 10.9. The van der Waals surface area contributed by atoms with Crippen LogP contribution in [-0.2, 0) is 5.60 Å². The summed E-state index contributed by atoms with van der Waals surface area (Å²) in [6.45, 7) is 0. The summed E-state index contributed by atoms with van der Waals surface area (Å²) in [7, 11) is 0. The second kappa shape index (κ2) is 4.67. The fraction of sp³-hybridized carbons (Fsp3) is 0.625. The van der Waals surface area contributed by atoms with E-state index in [0.717, 1.165) is 24.3 Å². The lowest BCUT2D eigenvalue weighted by Crippen LogP contribution is -2.53. The summed E-state index contributed by atoms with van der Waals surface area (Å²) < 4.78 is 0. The maximum atomic E-state index is 11.0. The van der Waals surface area contributed by atoms with Crippen molar-refractivity contribution >= 4 is 0 Å². The van der Waals surface area contributed by atoms with E-state index in [1.807, 2.05) is 30.3 Å². The first-order valence-electron chi connectivity index (χ1n) is 7.23. The number of nitrogens with two attached hydrogens (primary N) is 1. The van der Waals surface area contributed by atoms with Gasteiger partial charge in [0.15, 0.2) is 0 Å². The molecule has 0 aliphatic heterocycles. The number of hydrogen-bond acceptors (Lipinski definition) is 2. The molecule has 4 atom stereocenters. The predicted molar refractivity (Wildman–Crippen MR) is 73.0 cm³/mol. The van der Waals surface area contributed by atoms with Gasteiger partial charge in [-0.25, -0.2) is 0 Å². The molecule has 0 amide bonds. The molecule has 0 bridgehead atoms. The van der Waals surface area contributed by atoms with Crippen LogP contribution in [0.25, 0.3) is 0 Å². The normalized spacial score (nSPS) is 40.2. The molecular weight excluding hydrogens is 222 g/mol. The van der Waals surface area contributed by atoms with Gasteiger partial charge in [0.1, 0.15) is 5.60 Å².